The van der Waals surface area contributed by atoms with Crippen LogP contribution in [0.15, 0.2) is 146 Å². The predicted molar refractivity (Wildman–Crippen MR) is 194 cm³/mol. The van der Waals surface area contributed by atoms with Gasteiger partial charge in [-0.2, -0.15) is 0 Å². The molecule has 7 aromatic carbocycles. The van der Waals surface area contributed by atoms with Crippen molar-refractivity contribution in [2.45, 2.75) is 19.3 Å². The van der Waals surface area contributed by atoms with Crippen molar-refractivity contribution in [3.63, 3.8) is 0 Å². The number of para-hydroxylation sites is 3. The average Bonchev–Trinajstić information content (AvgIpc) is 3.33. The third-order valence-electron chi connectivity index (χ3n) is 10.3. The first-order chi connectivity index (χ1) is 23.1. The Labute approximate surface area is 274 Å². The molecule has 0 spiro atoms. The molecule has 0 fully saturated rings. The highest BCUT2D eigenvalue weighted by atomic mass is 16.5. The van der Waals surface area contributed by atoms with E-state index in [2.05, 4.69) is 164 Å². The van der Waals surface area contributed by atoms with Gasteiger partial charge in [0.15, 0.2) is 0 Å². The third kappa shape index (κ3) is 3.76. The Kier molecular flexibility index (Phi) is 5.43. The number of rotatable bonds is 3. The molecule has 3 nitrogen and oxygen atoms in total. The van der Waals surface area contributed by atoms with Crippen molar-refractivity contribution in [3.05, 3.63) is 157 Å². The largest absolute Gasteiger partial charge is 0.458 e. The molecule has 0 amide bonds. The molecule has 10 rings (SSSR count). The fourth-order valence-corrected chi connectivity index (χ4v) is 8.18. The summed E-state index contributed by atoms with van der Waals surface area (Å²) in [6.45, 7) is 4.69. The second-order valence-electron chi connectivity index (χ2n) is 13.3. The Balaban J connectivity index is 1.19. The van der Waals surface area contributed by atoms with Crippen LogP contribution in [0, 0.1) is 0 Å². The molecule has 0 N–H and O–H groups in total. The van der Waals surface area contributed by atoms with E-state index in [-0.39, 0.29) is 12.1 Å². The summed E-state index contributed by atoms with van der Waals surface area (Å²) in [5.41, 5.74) is 11.5. The molecule has 47 heavy (non-hydrogen) atoms. The van der Waals surface area contributed by atoms with E-state index < -0.39 is 0 Å². The van der Waals surface area contributed by atoms with Crippen molar-refractivity contribution in [2.75, 3.05) is 4.90 Å². The maximum Gasteiger partial charge on any atom is 0.260 e. The third-order valence-corrected chi connectivity index (χ3v) is 10.3. The zero-order valence-corrected chi connectivity index (χ0v) is 26.2. The van der Waals surface area contributed by atoms with Gasteiger partial charge in [0.05, 0.1) is 0 Å². The van der Waals surface area contributed by atoms with Gasteiger partial charge in [0.1, 0.15) is 23.0 Å². The molecule has 0 saturated carbocycles. The second-order valence-corrected chi connectivity index (χ2v) is 13.3. The summed E-state index contributed by atoms with van der Waals surface area (Å²) in [5, 5.41) is 2.39. The molecule has 7 aromatic rings. The summed E-state index contributed by atoms with van der Waals surface area (Å²) in [4.78, 5) is 2.33. The summed E-state index contributed by atoms with van der Waals surface area (Å²) >= 11 is 0. The van der Waals surface area contributed by atoms with E-state index in [9.17, 15) is 0 Å². The summed E-state index contributed by atoms with van der Waals surface area (Å²) in [5.74, 6) is 3.64. The van der Waals surface area contributed by atoms with Gasteiger partial charge in [-0.25, -0.2) is 0 Å². The number of anilines is 3. The lowest BCUT2D eigenvalue weighted by atomic mass is 9.34. The van der Waals surface area contributed by atoms with E-state index in [1.807, 2.05) is 0 Å². The molecule has 3 aliphatic rings. The Morgan fingerprint density at radius 3 is 1.91 bits per heavy atom. The summed E-state index contributed by atoms with van der Waals surface area (Å²) < 4.78 is 13.8. The molecule has 1 aliphatic carbocycles. The number of ether oxygens (including phenoxy) is 2. The number of hydrogen-bond donors (Lipinski definition) is 0. The highest BCUT2D eigenvalue weighted by Gasteiger charge is 2.47. The van der Waals surface area contributed by atoms with Gasteiger partial charge >= 0.3 is 0 Å². The summed E-state index contributed by atoms with van der Waals surface area (Å²) in [6, 6.07) is 51.9. The van der Waals surface area contributed by atoms with Crippen LogP contribution in [0.2, 0.25) is 0 Å². The minimum atomic E-state index is -0.315. The topological polar surface area (TPSA) is 21.7 Å². The number of nitrogens with zero attached hydrogens (tertiary/aromatic N) is 1. The second kappa shape index (κ2) is 9.64. The van der Waals surface area contributed by atoms with Gasteiger partial charge in [0.25, 0.3) is 6.71 Å². The predicted octanol–water partition coefficient (Wildman–Crippen LogP) is 9.34. The lowest BCUT2D eigenvalue weighted by molar-refractivity contribution is 0.453. The molecular weight excluding hydrogens is 573 g/mol. The van der Waals surface area contributed by atoms with E-state index in [0.29, 0.717) is 0 Å². The molecule has 0 atom stereocenters. The van der Waals surface area contributed by atoms with E-state index in [0.717, 1.165) is 45.5 Å². The molecular formula is C43H30BNO2. The fraction of sp³-hybridized carbons (Fsp3) is 0.0698. The van der Waals surface area contributed by atoms with Crippen LogP contribution in [0.1, 0.15) is 25.0 Å². The number of benzene rings is 7. The Hall–Kier alpha value is -5.74. The normalized spacial score (nSPS) is 14.2. The van der Waals surface area contributed by atoms with Crippen LogP contribution in [0.25, 0.3) is 21.9 Å². The first-order valence-electron chi connectivity index (χ1n) is 16.3. The van der Waals surface area contributed by atoms with E-state index in [1.165, 1.54) is 44.0 Å². The number of fused-ring (bicyclic) bond motifs is 9. The fourth-order valence-electron chi connectivity index (χ4n) is 8.18. The Bertz CT molecular complexity index is 2360. The van der Waals surface area contributed by atoms with Crippen LogP contribution in [0.4, 0.5) is 17.1 Å². The van der Waals surface area contributed by atoms with E-state index in [4.69, 9.17) is 9.47 Å². The van der Waals surface area contributed by atoms with E-state index in [1.54, 1.807) is 0 Å². The molecule has 0 saturated heterocycles. The van der Waals surface area contributed by atoms with Gasteiger partial charge in [-0.05, 0) is 93.0 Å². The van der Waals surface area contributed by atoms with Gasteiger partial charge in [0.2, 0.25) is 0 Å². The van der Waals surface area contributed by atoms with Crippen molar-refractivity contribution >= 4 is 50.9 Å². The standard InChI is InChI=1S/C43H30BNO2/c1-43(2)34-25-31(45(29-15-5-3-6-16-29)30-17-7-4-8-18-30)21-22-32(34)33-26-39-41-42(40(33)43)47-37-20-12-11-19-35(37)44(41)36-23-27-13-9-10-14-28(27)24-38(36)46-39/h3-26H,1-2H3. The average molecular weight is 604 g/mol. The van der Waals surface area contributed by atoms with Gasteiger partial charge < -0.3 is 14.4 Å². The molecule has 0 unspecified atom stereocenters. The van der Waals surface area contributed by atoms with Crippen LogP contribution >= 0.6 is 0 Å². The minimum Gasteiger partial charge on any atom is -0.458 e. The van der Waals surface area contributed by atoms with Crippen molar-refractivity contribution in [1.82, 2.24) is 0 Å². The molecule has 2 heterocycles. The van der Waals surface area contributed by atoms with E-state index >= 15 is 0 Å². The van der Waals surface area contributed by atoms with Gasteiger partial charge in [0, 0.05) is 33.5 Å². The molecule has 2 aliphatic heterocycles. The molecule has 222 valence electrons. The summed E-state index contributed by atoms with van der Waals surface area (Å²) in [7, 11) is 0. The van der Waals surface area contributed by atoms with Crippen LogP contribution in [0.5, 0.6) is 23.0 Å². The highest BCUT2D eigenvalue weighted by molar-refractivity contribution is 6.98. The summed E-state index contributed by atoms with van der Waals surface area (Å²) in [6.07, 6.45) is 0. The van der Waals surface area contributed by atoms with Crippen molar-refractivity contribution < 1.29 is 9.47 Å². The maximum atomic E-state index is 6.96. The monoisotopic (exact) mass is 603 g/mol. The van der Waals surface area contributed by atoms with Gasteiger partial charge in [-0.1, -0.05) is 105 Å². The molecule has 0 radical (unpaired) electrons. The molecule has 4 heteroatoms. The maximum absolute atomic E-state index is 6.96. The first kappa shape index (κ1) is 26.5. The quantitative estimate of drug-likeness (QED) is 0.188. The lowest BCUT2D eigenvalue weighted by Crippen LogP contribution is -2.57. The Morgan fingerprint density at radius 1 is 0.511 bits per heavy atom. The van der Waals surface area contributed by atoms with Gasteiger partial charge in [-0.3, -0.25) is 0 Å². The number of hydrogen-bond acceptors (Lipinski definition) is 3. The lowest BCUT2D eigenvalue weighted by Gasteiger charge is -2.36. The SMILES string of the molecule is CC1(C)c2cc(N(c3ccccc3)c3ccccc3)ccc2-c2cc3c4c(c21)Oc1ccccc1B4c1cc2ccccc2cc1O3. The van der Waals surface area contributed by atoms with Crippen LogP contribution in [-0.2, 0) is 5.41 Å². The van der Waals surface area contributed by atoms with Crippen molar-refractivity contribution in [3.8, 4) is 34.1 Å². The van der Waals surface area contributed by atoms with Crippen LogP contribution in [-0.4, -0.2) is 6.71 Å². The van der Waals surface area contributed by atoms with Crippen LogP contribution in [0.3, 0.4) is 0 Å². The van der Waals surface area contributed by atoms with Crippen molar-refractivity contribution in [2.24, 2.45) is 0 Å². The zero-order chi connectivity index (χ0) is 31.3. The van der Waals surface area contributed by atoms with Crippen LogP contribution < -0.4 is 30.8 Å². The Morgan fingerprint density at radius 2 is 1.17 bits per heavy atom. The molecule has 0 bridgehead atoms. The minimum absolute atomic E-state index is 0.0188. The van der Waals surface area contributed by atoms with Gasteiger partial charge in [-0.15, -0.1) is 0 Å². The van der Waals surface area contributed by atoms with Crippen molar-refractivity contribution in [1.29, 1.82) is 0 Å². The first-order valence-corrected chi connectivity index (χ1v) is 16.3. The smallest absolute Gasteiger partial charge is 0.260 e. The molecule has 0 aromatic heterocycles. The zero-order valence-electron chi connectivity index (χ0n) is 26.2. The highest BCUT2D eigenvalue weighted by Crippen LogP contribution is 2.56.